The minimum Gasteiger partial charge on any atom is -0.497 e. The molecule has 0 aromatic heterocycles. The highest BCUT2D eigenvalue weighted by atomic mass is 16.6. The molecule has 1 atom stereocenters. The lowest BCUT2D eigenvalue weighted by molar-refractivity contribution is -0.120. The number of rotatable bonds is 7. The van der Waals surface area contributed by atoms with Gasteiger partial charge >= 0.3 is 0 Å². The third-order valence-corrected chi connectivity index (χ3v) is 6.23. The summed E-state index contributed by atoms with van der Waals surface area (Å²) >= 11 is 0. The van der Waals surface area contributed by atoms with Crippen LogP contribution in [0.15, 0.2) is 132 Å². The van der Waals surface area contributed by atoms with Crippen LogP contribution >= 0.6 is 0 Å². The van der Waals surface area contributed by atoms with Crippen molar-refractivity contribution in [3.05, 3.63) is 155 Å². The first kappa shape index (κ1) is 24.0. The Kier molecular flexibility index (Phi) is 6.54. The molecular weight excluding hydrogens is 464 g/mol. The standard InChI is InChI=1S/C32H24O5/c1-36-26-19-17-25(18-20-26)32(35)27(21-28(33)22-11-5-2-6-12-22)29(30(34)23-13-7-3-8-14-23)31(37-32)24-15-9-4-10-16-24/h2-21,35H,1H3/b27-21+. The number of carbonyl (C=O) groups is 2. The minimum atomic E-state index is -2.10. The van der Waals surface area contributed by atoms with Crippen molar-refractivity contribution in [1.29, 1.82) is 0 Å². The van der Waals surface area contributed by atoms with Crippen LogP contribution < -0.4 is 4.74 Å². The Bertz CT molecular complexity index is 1490. The zero-order valence-electron chi connectivity index (χ0n) is 20.1. The molecule has 37 heavy (non-hydrogen) atoms. The normalized spacial score (nSPS) is 17.9. The number of ketones is 2. The van der Waals surface area contributed by atoms with Crippen LogP contribution in [0.1, 0.15) is 31.8 Å². The highest BCUT2D eigenvalue weighted by Crippen LogP contribution is 2.49. The summed E-state index contributed by atoms with van der Waals surface area (Å²) in [6.45, 7) is 0. The largest absolute Gasteiger partial charge is 0.497 e. The Morgan fingerprint density at radius 3 is 1.86 bits per heavy atom. The van der Waals surface area contributed by atoms with E-state index in [4.69, 9.17) is 9.47 Å². The third-order valence-electron chi connectivity index (χ3n) is 6.23. The predicted molar refractivity (Wildman–Crippen MR) is 141 cm³/mol. The SMILES string of the molecule is COc1ccc(C2(O)OC(c3ccccc3)=C(C(=O)c3ccccc3)/C2=C\C(=O)c2ccccc2)cc1. The molecule has 0 bridgehead atoms. The van der Waals surface area contributed by atoms with Crippen LogP contribution in [0.25, 0.3) is 5.76 Å². The second-order valence-corrected chi connectivity index (χ2v) is 8.53. The van der Waals surface area contributed by atoms with Crippen molar-refractivity contribution in [2.75, 3.05) is 7.11 Å². The molecule has 0 spiro atoms. The number of aliphatic hydroxyl groups is 1. The van der Waals surface area contributed by atoms with Gasteiger partial charge in [-0.1, -0.05) is 91.0 Å². The maximum absolute atomic E-state index is 14.0. The van der Waals surface area contributed by atoms with Crippen LogP contribution in [0.4, 0.5) is 0 Å². The first-order chi connectivity index (χ1) is 18.0. The number of benzene rings is 4. The molecule has 5 rings (SSSR count). The highest BCUT2D eigenvalue weighted by Gasteiger charge is 2.49. The van der Waals surface area contributed by atoms with E-state index in [0.717, 1.165) is 0 Å². The second-order valence-electron chi connectivity index (χ2n) is 8.53. The summed E-state index contributed by atoms with van der Waals surface area (Å²) in [4.78, 5) is 27.3. The van der Waals surface area contributed by atoms with Crippen LogP contribution in [0.2, 0.25) is 0 Å². The number of carbonyl (C=O) groups excluding carboxylic acids is 2. The fraction of sp³-hybridized carbons (Fsp3) is 0.0625. The molecule has 0 radical (unpaired) electrons. The Balaban J connectivity index is 1.75. The molecule has 1 N–H and O–H groups in total. The summed E-state index contributed by atoms with van der Waals surface area (Å²) < 4.78 is 11.5. The van der Waals surface area contributed by atoms with Gasteiger partial charge in [0.05, 0.1) is 12.7 Å². The Morgan fingerprint density at radius 1 is 0.757 bits per heavy atom. The zero-order chi connectivity index (χ0) is 25.8. The van der Waals surface area contributed by atoms with E-state index in [1.165, 1.54) is 6.08 Å². The molecule has 0 saturated heterocycles. The Labute approximate surface area is 214 Å². The van der Waals surface area contributed by atoms with E-state index in [1.54, 1.807) is 92.0 Å². The number of methoxy groups -OCH3 is 1. The molecule has 4 aromatic rings. The van der Waals surface area contributed by atoms with E-state index in [0.29, 0.717) is 28.0 Å². The first-order valence-corrected chi connectivity index (χ1v) is 11.8. The summed E-state index contributed by atoms with van der Waals surface area (Å²) in [6, 6.07) is 33.2. The van der Waals surface area contributed by atoms with Crippen molar-refractivity contribution in [1.82, 2.24) is 0 Å². The van der Waals surface area contributed by atoms with E-state index >= 15 is 0 Å². The predicted octanol–water partition coefficient (Wildman–Crippen LogP) is 5.97. The van der Waals surface area contributed by atoms with E-state index in [1.807, 2.05) is 30.3 Å². The van der Waals surface area contributed by atoms with Gasteiger partial charge in [0.2, 0.25) is 0 Å². The summed E-state index contributed by atoms with van der Waals surface area (Å²) in [6.07, 6.45) is 1.30. The van der Waals surface area contributed by atoms with E-state index in [9.17, 15) is 14.7 Å². The van der Waals surface area contributed by atoms with E-state index < -0.39 is 5.79 Å². The fourth-order valence-corrected chi connectivity index (χ4v) is 4.32. The smallest absolute Gasteiger partial charge is 0.262 e. The quantitative estimate of drug-likeness (QED) is 0.256. The second kappa shape index (κ2) is 10.1. The molecule has 4 aromatic carbocycles. The average Bonchev–Trinajstić information content (AvgIpc) is 3.26. The fourth-order valence-electron chi connectivity index (χ4n) is 4.32. The van der Waals surface area contributed by atoms with Gasteiger partial charge in [0.15, 0.2) is 11.6 Å². The molecular formula is C32H24O5. The lowest BCUT2D eigenvalue weighted by Crippen LogP contribution is -2.29. The highest BCUT2D eigenvalue weighted by molar-refractivity contribution is 6.18. The summed E-state index contributed by atoms with van der Waals surface area (Å²) in [5.41, 5.74) is 1.98. The van der Waals surface area contributed by atoms with Crippen LogP contribution in [0, 0.1) is 0 Å². The minimum absolute atomic E-state index is 0.0687. The van der Waals surface area contributed by atoms with Gasteiger partial charge < -0.3 is 14.6 Å². The first-order valence-electron chi connectivity index (χ1n) is 11.8. The Hall–Kier alpha value is -4.74. The molecule has 0 aliphatic carbocycles. The maximum Gasteiger partial charge on any atom is 0.262 e. The van der Waals surface area contributed by atoms with Crippen molar-refractivity contribution in [2.45, 2.75) is 5.79 Å². The van der Waals surface area contributed by atoms with Crippen molar-refractivity contribution in [3.63, 3.8) is 0 Å². The molecule has 1 aliphatic heterocycles. The van der Waals surface area contributed by atoms with Crippen molar-refractivity contribution in [2.24, 2.45) is 0 Å². The number of Topliss-reactive ketones (excluding diaryl/α,β-unsaturated/α-hetero) is 1. The van der Waals surface area contributed by atoms with Gasteiger partial charge in [-0.15, -0.1) is 0 Å². The third kappa shape index (κ3) is 4.60. The van der Waals surface area contributed by atoms with Gasteiger partial charge in [0.1, 0.15) is 11.5 Å². The van der Waals surface area contributed by atoms with Crippen LogP contribution in [0.5, 0.6) is 5.75 Å². The summed E-state index contributed by atoms with van der Waals surface area (Å²) in [5, 5.41) is 12.1. The molecule has 5 nitrogen and oxygen atoms in total. The summed E-state index contributed by atoms with van der Waals surface area (Å²) in [5.74, 6) is -2.04. The van der Waals surface area contributed by atoms with E-state index in [2.05, 4.69) is 0 Å². The zero-order valence-corrected chi connectivity index (χ0v) is 20.1. The molecule has 182 valence electrons. The number of hydrogen-bond acceptors (Lipinski definition) is 5. The van der Waals surface area contributed by atoms with Crippen LogP contribution in [-0.2, 0) is 10.5 Å². The topological polar surface area (TPSA) is 72.8 Å². The molecule has 5 heteroatoms. The molecule has 0 fully saturated rings. The lowest BCUT2D eigenvalue weighted by atomic mass is 9.87. The maximum atomic E-state index is 14.0. The van der Waals surface area contributed by atoms with Gasteiger partial charge in [0, 0.05) is 27.8 Å². The number of allylic oxidation sites excluding steroid dienone is 1. The van der Waals surface area contributed by atoms with Gasteiger partial charge in [-0.05, 0) is 30.3 Å². The molecule has 1 heterocycles. The molecule has 0 amide bonds. The van der Waals surface area contributed by atoms with Gasteiger partial charge in [-0.3, -0.25) is 9.59 Å². The van der Waals surface area contributed by atoms with Gasteiger partial charge in [-0.2, -0.15) is 0 Å². The van der Waals surface area contributed by atoms with E-state index in [-0.39, 0.29) is 28.5 Å². The van der Waals surface area contributed by atoms with Crippen LogP contribution in [0.3, 0.4) is 0 Å². The molecule has 0 saturated carbocycles. The van der Waals surface area contributed by atoms with Crippen molar-refractivity contribution >= 4 is 17.3 Å². The number of ether oxygens (including phenoxy) is 2. The monoisotopic (exact) mass is 488 g/mol. The molecule has 1 unspecified atom stereocenters. The molecule has 1 aliphatic rings. The van der Waals surface area contributed by atoms with Crippen molar-refractivity contribution < 1.29 is 24.2 Å². The average molecular weight is 489 g/mol. The van der Waals surface area contributed by atoms with Crippen molar-refractivity contribution in [3.8, 4) is 5.75 Å². The van der Waals surface area contributed by atoms with Gasteiger partial charge in [0.25, 0.3) is 5.79 Å². The summed E-state index contributed by atoms with van der Waals surface area (Å²) in [7, 11) is 1.55. The van der Waals surface area contributed by atoms with Gasteiger partial charge in [-0.25, -0.2) is 0 Å². The van der Waals surface area contributed by atoms with Crippen LogP contribution in [-0.4, -0.2) is 23.8 Å². The Morgan fingerprint density at radius 2 is 1.30 bits per heavy atom. The number of hydrogen-bond donors (Lipinski definition) is 1. The lowest BCUT2D eigenvalue weighted by Gasteiger charge is -2.26.